The largest absolute Gasteiger partial charge is 0.481 e. The molecule has 1 N–H and O–H groups in total. The SMILES string of the molecule is COC(=O)[C@@H]1C[C@@H](C(=O)O)CN(C(=O)OC(C)(C)C)C1. The van der Waals surface area contributed by atoms with Crippen molar-refractivity contribution in [3.63, 3.8) is 0 Å². The number of esters is 1. The summed E-state index contributed by atoms with van der Waals surface area (Å²) in [5.74, 6) is -2.97. The van der Waals surface area contributed by atoms with E-state index >= 15 is 0 Å². The number of carbonyl (C=O) groups excluding carboxylic acids is 2. The van der Waals surface area contributed by atoms with Crippen LogP contribution in [0.25, 0.3) is 0 Å². The van der Waals surface area contributed by atoms with Gasteiger partial charge in [0, 0.05) is 13.1 Å². The highest BCUT2D eigenvalue weighted by molar-refractivity contribution is 5.78. The minimum Gasteiger partial charge on any atom is -0.481 e. The van der Waals surface area contributed by atoms with Gasteiger partial charge in [-0.05, 0) is 27.2 Å². The zero-order chi connectivity index (χ0) is 15.5. The van der Waals surface area contributed by atoms with Crippen molar-refractivity contribution in [2.75, 3.05) is 20.2 Å². The monoisotopic (exact) mass is 287 g/mol. The lowest BCUT2D eigenvalue weighted by molar-refractivity contribution is -0.151. The number of amides is 1. The van der Waals surface area contributed by atoms with E-state index in [1.807, 2.05) is 0 Å². The molecule has 7 heteroatoms. The number of ether oxygens (including phenoxy) is 2. The van der Waals surface area contributed by atoms with Crippen LogP contribution in [0.4, 0.5) is 4.79 Å². The Labute approximate surface area is 117 Å². The molecule has 0 unspecified atom stereocenters. The van der Waals surface area contributed by atoms with Crippen molar-refractivity contribution in [3.8, 4) is 0 Å². The first-order valence-corrected chi connectivity index (χ1v) is 6.42. The standard InChI is InChI=1S/C13H21NO6/c1-13(2,3)20-12(18)14-6-8(10(15)16)5-9(7-14)11(17)19-4/h8-9H,5-7H2,1-4H3,(H,15,16)/t8-,9-/m1/s1. The molecule has 0 spiro atoms. The van der Waals surface area contributed by atoms with E-state index in [1.54, 1.807) is 20.8 Å². The highest BCUT2D eigenvalue weighted by Gasteiger charge is 2.38. The van der Waals surface area contributed by atoms with Crippen molar-refractivity contribution in [2.45, 2.75) is 32.8 Å². The van der Waals surface area contributed by atoms with Gasteiger partial charge in [0.1, 0.15) is 5.60 Å². The van der Waals surface area contributed by atoms with Crippen LogP contribution in [0.15, 0.2) is 0 Å². The maximum atomic E-state index is 12.0. The quantitative estimate of drug-likeness (QED) is 0.765. The number of nitrogens with zero attached hydrogens (tertiary/aromatic N) is 1. The molecule has 1 saturated heterocycles. The molecule has 7 nitrogen and oxygen atoms in total. The van der Waals surface area contributed by atoms with Gasteiger partial charge in [-0.2, -0.15) is 0 Å². The number of rotatable bonds is 2. The molecular weight excluding hydrogens is 266 g/mol. The molecule has 1 rings (SSSR count). The summed E-state index contributed by atoms with van der Waals surface area (Å²) in [6.07, 6.45) is -0.446. The van der Waals surface area contributed by atoms with Crippen molar-refractivity contribution >= 4 is 18.0 Å². The Morgan fingerprint density at radius 1 is 1.15 bits per heavy atom. The predicted octanol–water partition coefficient (Wildman–Crippen LogP) is 1.12. The molecule has 0 aromatic carbocycles. The van der Waals surface area contributed by atoms with Crippen LogP contribution >= 0.6 is 0 Å². The average molecular weight is 287 g/mol. The van der Waals surface area contributed by atoms with Gasteiger partial charge in [-0.1, -0.05) is 0 Å². The highest BCUT2D eigenvalue weighted by Crippen LogP contribution is 2.24. The number of piperidine rings is 1. The number of carbonyl (C=O) groups is 3. The van der Waals surface area contributed by atoms with Crippen LogP contribution in [0, 0.1) is 11.8 Å². The van der Waals surface area contributed by atoms with Crippen LogP contribution < -0.4 is 0 Å². The molecule has 2 atom stereocenters. The molecule has 0 radical (unpaired) electrons. The predicted molar refractivity (Wildman–Crippen MR) is 69.1 cm³/mol. The molecule has 20 heavy (non-hydrogen) atoms. The Morgan fingerprint density at radius 3 is 2.15 bits per heavy atom. The van der Waals surface area contributed by atoms with Crippen LogP contribution in [0.5, 0.6) is 0 Å². The molecule has 1 aliphatic heterocycles. The lowest BCUT2D eigenvalue weighted by Crippen LogP contribution is -2.49. The first-order chi connectivity index (χ1) is 9.14. The zero-order valence-electron chi connectivity index (χ0n) is 12.2. The second kappa shape index (κ2) is 6.11. The lowest BCUT2D eigenvalue weighted by atomic mass is 9.89. The number of methoxy groups -OCH3 is 1. The van der Waals surface area contributed by atoms with Crippen LogP contribution in [0.1, 0.15) is 27.2 Å². The number of hydrogen-bond acceptors (Lipinski definition) is 5. The second-order valence-electron chi connectivity index (χ2n) is 5.88. The molecule has 0 aromatic heterocycles. The second-order valence-corrected chi connectivity index (χ2v) is 5.88. The highest BCUT2D eigenvalue weighted by atomic mass is 16.6. The van der Waals surface area contributed by atoms with Gasteiger partial charge in [-0.3, -0.25) is 9.59 Å². The first-order valence-electron chi connectivity index (χ1n) is 6.42. The van der Waals surface area contributed by atoms with E-state index in [9.17, 15) is 14.4 Å². The van der Waals surface area contributed by atoms with Gasteiger partial charge >= 0.3 is 18.0 Å². The Kier molecular flexibility index (Phi) is 4.97. The number of likely N-dealkylation sites (tertiary alicyclic amines) is 1. The van der Waals surface area contributed by atoms with Crippen LogP contribution in [-0.4, -0.2) is 53.8 Å². The summed E-state index contributed by atoms with van der Waals surface area (Å²) in [7, 11) is 1.24. The minimum absolute atomic E-state index is 0.0394. The van der Waals surface area contributed by atoms with Crippen LogP contribution in [-0.2, 0) is 19.1 Å². The van der Waals surface area contributed by atoms with Crippen molar-refractivity contribution in [1.82, 2.24) is 4.90 Å². The Bertz CT molecular complexity index is 400. The van der Waals surface area contributed by atoms with Gasteiger partial charge in [0.05, 0.1) is 18.9 Å². The van der Waals surface area contributed by atoms with Gasteiger partial charge in [0.25, 0.3) is 0 Å². The Hall–Kier alpha value is -1.79. The van der Waals surface area contributed by atoms with E-state index in [2.05, 4.69) is 4.74 Å². The summed E-state index contributed by atoms with van der Waals surface area (Å²) in [5.41, 5.74) is -0.673. The van der Waals surface area contributed by atoms with Gasteiger partial charge < -0.3 is 19.5 Å². The molecule has 0 bridgehead atoms. The van der Waals surface area contributed by atoms with E-state index in [0.29, 0.717) is 0 Å². The molecule has 1 heterocycles. The van der Waals surface area contributed by atoms with Gasteiger partial charge in [-0.25, -0.2) is 4.79 Å². The average Bonchev–Trinajstić information content (AvgIpc) is 2.35. The Balaban J connectivity index is 2.82. The third-order valence-corrected chi connectivity index (χ3v) is 2.99. The van der Waals surface area contributed by atoms with Crippen molar-refractivity contribution < 1.29 is 29.0 Å². The normalized spacial score (nSPS) is 23.1. The van der Waals surface area contributed by atoms with Crippen molar-refractivity contribution in [1.29, 1.82) is 0 Å². The summed E-state index contributed by atoms with van der Waals surface area (Å²) >= 11 is 0. The van der Waals surface area contributed by atoms with E-state index in [1.165, 1.54) is 12.0 Å². The molecular formula is C13H21NO6. The fraction of sp³-hybridized carbons (Fsp3) is 0.769. The molecule has 1 amide bonds. The lowest BCUT2D eigenvalue weighted by Gasteiger charge is -2.35. The third-order valence-electron chi connectivity index (χ3n) is 2.99. The third kappa shape index (κ3) is 4.40. The topological polar surface area (TPSA) is 93.1 Å². The molecule has 114 valence electrons. The summed E-state index contributed by atoms with van der Waals surface area (Å²) in [5, 5.41) is 9.11. The maximum Gasteiger partial charge on any atom is 0.410 e. The van der Waals surface area contributed by atoms with Crippen LogP contribution in [0.3, 0.4) is 0 Å². The molecule has 0 saturated carbocycles. The van der Waals surface area contributed by atoms with E-state index in [4.69, 9.17) is 9.84 Å². The fourth-order valence-corrected chi connectivity index (χ4v) is 2.09. The molecule has 0 aromatic rings. The smallest absolute Gasteiger partial charge is 0.410 e. The summed E-state index contributed by atoms with van der Waals surface area (Å²) in [6, 6.07) is 0. The number of carboxylic acids is 1. The maximum absolute atomic E-state index is 12.0. The number of aliphatic carboxylic acids is 1. The minimum atomic E-state index is -1.04. The fourth-order valence-electron chi connectivity index (χ4n) is 2.09. The van der Waals surface area contributed by atoms with Crippen molar-refractivity contribution in [3.05, 3.63) is 0 Å². The summed E-state index contributed by atoms with van der Waals surface area (Å²) < 4.78 is 9.85. The Morgan fingerprint density at radius 2 is 1.70 bits per heavy atom. The van der Waals surface area contributed by atoms with E-state index in [-0.39, 0.29) is 19.5 Å². The molecule has 1 fully saturated rings. The zero-order valence-corrected chi connectivity index (χ0v) is 12.2. The first kappa shape index (κ1) is 16.3. The van der Waals surface area contributed by atoms with E-state index in [0.717, 1.165) is 0 Å². The van der Waals surface area contributed by atoms with Gasteiger partial charge in [-0.15, -0.1) is 0 Å². The van der Waals surface area contributed by atoms with Gasteiger partial charge in [0.15, 0.2) is 0 Å². The number of carboxylic acid groups (broad SMARTS) is 1. The molecule has 0 aliphatic carbocycles. The van der Waals surface area contributed by atoms with E-state index < -0.39 is 35.5 Å². The summed E-state index contributed by atoms with van der Waals surface area (Å²) in [4.78, 5) is 36.0. The van der Waals surface area contributed by atoms with Crippen LogP contribution in [0.2, 0.25) is 0 Å². The van der Waals surface area contributed by atoms with Gasteiger partial charge in [0.2, 0.25) is 0 Å². The molecule has 1 aliphatic rings. The summed E-state index contributed by atoms with van der Waals surface area (Å²) in [6.45, 7) is 5.33. The van der Waals surface area contributed by atoms with Crippen molar-refractivity contribution in [2.24, 2.45) is 11.8 Å². The number of hydrogen-bond donors (Lipinski definition) is 1.